The number of hydrogen-bond donors (Lipinski definition) is 0. The van der Waals surface area contributed by atoms with Crippen molar-refractivity contribution in [2.45, 2.75) is 83.3 Å². The third-order valence-corrected chi connectivity index (χ3v) is 7.90. The molecule has 6 rings (SSSR count). The lowest BCUT2D eigenvalue weighted by Gasteiger charge is -2.37. The summed E-state index contributed by atoms with van der Waals surface area (Å²) in [4.78, 5) is 32.5. The van der Waals surface area contributed by atoms with E-state index in [9.17, 15) is 4.79 Å². The molecule has 1 aliphatic carbocycles. The second-order valence-corrected chi connectivity index (χ2v) is 10.1. The molecule has 2 fully saturated rings. The van der Waals surface area contributed by atoms with E-state index in [1.807, 2.05) is 12.1 Å². The maximum Gasteiger partial charge on any atom is 0.228 e. The van der Waals surface area contributed by atoms with E-state index < -0.39 is 0 Å². The Morgan fingerprint density at radius 3 is 2.82 bits per heavy atom. The first-order valence-electron chi connectivity index (χ1n) is 13.1. The van der Waals surface area contributed by atoms with Crippen molar-refractivity contribution >= 4 is 22.9 Å². The van der Waals surface area contributed by atoms with Gasteiger partial charge in [0, 0.05) is 32.1 Å². The predicted octanol–water partition coefficient (Wildman–Crippen LogP) is 4.33. The predicted molar refractivity (Wildman–Crippen MR) is 129 cm³/mol. The lowest BCUT2D eigenvalue weighted by molar-refractivity contribution is -0.139. The van der Waals surface area contributed by atoms with Gasteiger partial charge >= 0.3 is 0 Å². The van der Waals surface area contributed by atoms with Crippen LogP contribution in [0.5, 0.6) is 0 Å². The van der Waals surface area contributed by atoms with Crippen molar-refractivity contribution in [1.82, 2.24) is 24.4 Å². The second kappa shape index (κ2) is 9.39. The minimum atomic E-state index is -0.0326. The van der Waals surface area contributed by atoms with Gasteiger partial charge in [0.25, 0.3) is 0 Å². The van der Waals surface area contributed by atoms with Gasteiger partial charge in [0.2, 0.25) is 5.91 Å². The van der Waals surface area contributed by atoms with Gasteiger partial charge in [0.15, 0.2) is 17.0 Å². The van der Waals surface area contributed by atoms with Gasteiger partial charge in [-0.15, -0.1) is 0 Å². The fourth-order valence-corrected chi connectivity index (χ4v) is 6.14. The SMILES string of the molecule is O=C([C@@H]1CCCN(c2ncnc3c2nc2n3CCCCC2)C1)N(Cc1ccco1)C1CCCC1. The Morgan fingerprint density at radius 1 is 1.06 bits per heavy atom. The zero-order valence-electron chi connectivity index (χ0n) is 19.9. The molecule has 1 saturated heterocycles. The minimum Gasteiger partial charge on any atom is -0.467 e. The molecule has 0 aromatic carbocycles. The number of carbonyl (C=O) groups is 1. The lowest BCUT2D eigenvalue weighted by Crippen LogP contribution is -2.47. The van der Waals surface area contributed by atoms with Crippen LogP contribution in [0.25, 0.3) is 11.2 Å². The zero-order chi connectivity index (χ0) is 22.9. The van der Waals surface area contributed by atoms with Crippen molar-refractivity contribution in [1.29, 1.82) is 0 Å². The van der Waals surface area contributed by atoms with Crippen LogP contribution in [0.2, 0.25) is 0 Å². The Morgan fingerprint density at radius 2 is 1.97 bits per heavy atom. The summed E-state index contributed by atoms with van der Waals surface area (Å²) in [6.45, 7) is 3.14. The van der Waals surface area contributed by atoms with Gasteiger partial charge in [0.1, 0.15) is 17.9 Å². The summed E-state index contributed by atoms with van der Waals surface area (Å²) in [7, 11) is 0. The molecule has 2 aliphatic heterocycles. The molecule has 0 spiro atoms. The van der Waals surface area contributed by atoms with E-state index in [4.69, 9.17) is 9.40 Å². The second-order valence-electron chi connectivity index (χ2n) is 10.1. The van der Waals surface area contributed by atoms with E-state index in [2.05, 4.69) is 24.3 Å². The summed E-state index contributed by atoms with van der Waals surface area (Å²) in [6, 6.07) is 4.20. The number of imidazole rings is 1. The van der Waals surface area contributed by atoms with Crippen molar-refractivity contribution < 1.29 is 9.21 Å². The highest BCUT2D eigenvalue weighted by atomic mass is 16.3. The monoisotopic (exact) mass is 462 g/mol. The molecule has 3 aromatic rings. The first-order chi connectivity index (χ1) is 16.8. The first-order valence-corrected chi connectivity index (χ1v) is 13.1. The van der Waals surface area contributed by atoms with E-state index >= 15 is 0 Å². The number of aryl methyl sites for hydroxylation is 2. The van der Waals surface area contributed by atoms with E-state index in [0.717, 1.165) is 73.8 Å². The Labute approximate surface area is 200 Å². The molecule has 0 bridgehead atoms. The van der Waals surface area contributed by atoms with Crippen LogP contribution in [0.4, 0.5) is 5.82 Å². The highest BCUT2D eigenvalue weighted by Crippen LogP contribution is 2.32. The van der Waals surface area contributed by atoms with Crippen LogP contribution < -0.4 is 4.90 Å². The summed E-state index contributed by atoms with van der Waals surface area (Å²) in [5.41, 5.74) is 1.84. The quantitative estimate of drug-likeness (QED) is 0.561. The standard InChI is InChI=1S/C26H34N6O2/c33-26(32(20-9-3-4-10-20)17-21-11-7-15-34-21)19-8-6-13-30(16-19)24-23-25(28-18-27-24)31-14-5-1-2-12-22(31)29-23/h7,11,15,18-20H,1-6,8-10,12-14,16-17H2/t19-/m1/s1. The van der Waals surface area contributed by atoms with Gasteiger partial charge in [-0.3, -0.25) is 4.79 Å². The summed E-state index contributed by atoms with van der Waals surface area (Å²) in [5.74, 6) is 3.12. The summed E-state index contributed by atoms with van der Waals surface area (Å²) in [6.07, 6.45) is 14.5. The third kappa shape index (κ3) is 4.07. The summed E-state index contributed by atoms with van der Waals surface area (Å²) in [5, 5.41) is 0. The van der Waals surface area contributed by atoms with E-state index in [0.29, 0.717) is 19.1 Å². The van der Waals surface area contributed by atoms with Gasteiger partial charge in [-0.1, -0.05) is 19.3 Å². The van der Waals surface area contributed by atoms with Crippen molar-refractivity contribution in [2.24, 2.45) is 5.92 Å². The number of carbonyl (C=O) groups excluding carboxylic acids is 1. The van der Waals surface area contributed by atoms with Gasteiger partial charge in [0.05, 0.1) is 18.7 Å². The zero-order valence-corrected chi connectivity index (χ0v) is 19.9. The average molecular weight is 463 g/mol. The topological polar surface area (TPSA) is 80.3 Å². The van der Waals surface area contributed by atoms with Gasteiger partial charge in [-0.25, -0.2) is 15.0 Å². The van der Waals surface area contributed by atoms with Crippen molar-refractivity contribution in [3.05, 3.63) is 36.3 Å². The van der Waals surface area contributed by atoms with Gasteiger partial charge < -0.3 is 18.8 Å². The van der Waals surface area contributed by atoms with E-state index in [1.165, 1.54) is 32.1 Å². The summed E-state index contributed by atoms with van der Waals surface area (Å²) >= 11 is 0. The molecule has 8 heteroatoms. The molecule has 1 atom stereocenters. The molecule has 3 aromatic heterocycles. The van der Waals surface area contributed by atoms with Crippen LogP contribution in [-0.4, -0.2) is 49.5 Å². The van der Waals surface area contributed by atoms with Crippen LogP contribution in [0, 0.1) is 5.92 Å². The molecule has 0 radical (unpaired) electrons. The van der Waals surface area contributed by atoms with Gasteiger partial charge in [-0.05, 0) is 50.7 Å². The van der Waals surface area contributed by atoms with E-state index in [-0.39, 0.29) is 11.8 Å². The van der Waals surface area contributed by atoms with E-state index in [1.54, 1.807) is 12.6 Å². The number of aromatic nitrogens is 4. The highest BCUT2D eigenvalue weighted by Gasteiger charge is 2.35. The normalized spacial score (nSPS) is 21.5. The van der Waals surface area contributed by atoms with Crippen LogP contribution in [0.15, 0.2) is 29.1 Å². The molecule has 180 valence electrons. The molecular weight excluding hydrogens is 428 g/mol. The van der Waals surface area contributed by atoms with Crippen LogP contribution in [0.1, 0.15) is 69.4 Å². The Hall–Kier alpha value is -2.90. The number of amides is 1. The number of nitrogens with zero attached hydrogens (tertiary/aromatic N) is 6. The fraction of sp³-hybridized carbons (Fsp3) is 0.615. The Kier molecular flexibility index (Phi) is 5.97. The minimum absolute atomic E-state index is 0.0326. The fourth-order valence-electron chi connectivity index (χ4n) is 6.14. The number of anilines is 1. The number of fused-ring (bicyclic) bond motifs is 3. The van der Waals surface area contributed by atoms with Gasteiger partial charge in [-0.2, -0.15) is 0 Å². The molecule has 1 saturated carbocycles. The third-order valence-electron chi connectivity index (χ3n) is 7.90. The smallest absolute Gasteiger partial charge is 0.228 e. The average Bonchev–Trinajstić information content (AvgIpc) is 3.62. The lowest BCUT2D eigenvalue weighted by atomic mass is 9.95. The molecule has 3 aliphatic rings. The molecule has 34 heavy (non-hydrogen) atoms. The maximum absolute atomic E-state index is 13.9. The number of hydrogen-bond acceptors (Lipinski definition) is 6. The number of furan rings is 1. The molecule has 0 unspecified atom stereocenters. The molecular formula is C26H34N6O2. The number of piperidine rings is 1. The van der Waals surface area contributed by atoms with Crippen LogP contribution in [-0.2, 0) is 24.3 Å². The largest absolute Gasteiger partial charge is 0.467 e. The van der Waals surface area contributed by atoms with Crippen molar-refractivity contribution in [3.63, 3.8) is 0 Å². The Balaban J connectivity index is 1.25. The number of rotatable bonds is 5. The Bertz CT molecular complexity index is 1130. The van der Waals surface area contributed by atoms with Crippen LogP contribution in [0.3, 0.4) is 0 Å². The molecule has 0 N–H and O–H groups in total. The first kappa shape index (κ1) is 21.6. The maximum atomic E-state index is 13.9. The van der Waals surface area contributed by atoms with Crippen molar-refractivity contribution in [2.75, 3.05) is 18.0 Å². The van der Waals surface area contributed by atoms with Crippen LogP contribution >= 0.6 is 0 Å². The summed E-state index contributed by atoms with van der Waals surface area (Å²) < 4.78 is 7.90. The van der Waals surface area contributed by atoms with Crippen molar-refractivity contribution in [3.8, 4) is 0 Å². The highest BCUT2D eigenvalue weighted by molar-refractivity contribution is 5.85. The molecule has 8 nitrogen and oxygen atoms in total. The molecule has 5 heterocycles. The molecule has 1 amide bonds.